The molecule has 0 fully saturated rings. The molecular weight excluding hydrogens is 232 g/mol. The summed E-state index contributed by atoms with van der Waals surface area (Å²) in [7, 11) is 3.37. The number of carbonyl (C=O) groups excluding carboxylic acids is 1. The number of aryl methyl sites for hydroxylation is 1. The summed E-state index contributed by atoms with van der Waals surface area (Å²) in [6.45, 7) is 3.13. The molecule has 6 heteroatoms. The molecule has 3 N–H and O–H groups in total. The Morgan fingerprint density at radius 3 is 2.94 bits per heavy atom. The molecule has 1 amide bonds. The van der Waals surface area contributed by atoms with Crippen molar-refractivity contribution in [1.29, 1.82) is 0 Å². The zero-order chi connectivity index (χ0) is 13.5. The van der Waals surface area contributed by atoms with Crippen molar-refractivity contribution in [1.82, 2.24) is 10.3 Å². The summed E-state index contributed by atoms with van der Waals surface area (Å²) in [5.41, 5.74) is 7.43. The smallest absolute Gasteiger partial charge is 0.239 e. The molecule has 18 heavy (non-hydrogen) atoms. The Kier molecular flexibility index (Phi) is 5.38. The van der Waals surface area contributed by atoms with Crippen LogP contribution in [0.4, 0.5) is 11.5 Å². The minimum atomic E-state index is -0.0867. The van der Waals surface area contributed by atoms with Crippen molar-refractivity contribution < 1.29 is 9.53 Å². The van der Waals surface area contributed by atoms with Crippen molar-refractivity contribution in [2.24, 2.45) is 0 Å². The van der Waals surface area contributed by atoms with E-state index in [1.54, 1.807) is 25.3 Å². The quantitative estimate of drug-likeness (QED) is 0.705. The Morgan fingerprint density at radius 2 is 2.33 bits per heavy atom. The van der Waals surface area contributed by atoms with Crippen LogP contribution in [-0.2, 0) is 9.53 Å². The van der Waals surface area contributed by atoms with Crippen LogP contribution in [0, 0.1) is 6.92 Å². The van der Waals surface area contributed by atoms with Gasteiger partial charge in [0.15, 0.2) is 5.82 Å². The predicted molar refractivity (Wildman–Crippen MR) is 71.5 cm³/mol. The van der Waals surface area contributed by atoms with Crippen LogP contribution >= 0.6 is 0 Å². The van der Waals surface area contributed by atoms with Gasteiger partial charge >= 0.3 is 0 Å². The Hall–Kier alpha value is -1.82. The third kappa shape index (κ3) is 4.21. The number of nitrogens with two attached hydrogens (primary N) is 1. The van der Waals surface area contributed by atoms with Gasteiger partial charge in [-0.25, -0.2) is 4.98 Å². The number of ether oxygens (including phenoxy) is 1. The average molecular weight is 252 g/mol. The molecule has 0 saturated carbocycles. The number of amides is 1. The number of nitrogens with zero attached hydrogens (tertiary/aromatic N) is 2. The first kappa shape index (κ1) is 14.2. The number of methoxy groups -OCH3 is 1. The van der Waals surface area contributed by atoms with Gasteiger partial charge in [0, 0.05) is 26.9 Å². The molecule has 0 atom stereocenters. The van der Waals surface area contributed by atoms with Crippen LogP contribution in [0.2, 0.25) is 0 Å². The minimum absolute atomic E-state index is 0.0867. The topological polar surface area (TPSA) is 80.5 Å². The molecule has 0 aliphatic carbocycles. The van der Waals surface area contributed by atoms with Crippen LogP contribution in [0.5, 0.6) is 0 Å². The van der Waals surface area contributed by atoms with Gasteiger partial charge in [-0.15, -0.1) is 0 Å². The summed E-state index contributed by atoms with van der Waals surface area (Å²) in [4.78, 5) is 17.5. The van der Waals surface area contributed by atoms with Crippen molar-refractivity contribution in [3.8, 4) is 0 Å². The van der Waals surface area contributed by atoms with Gasteiger partial charge in [-0.05, 0) is 18.6 Å². The van der Waals surface area contributed by atoms with E-state index < -0.39 is 0 Å². The number of rotatable bonds is 6. The van der Waals surface area contributed by atoms with E-state index in [-0.39, 0.29) is 12.5 Å². The number of nitrogen functional groups attached to an aromatic ring is 1. The molecule has 1 aromatic heterocycles. The first-order chi connectivity index (χ1) is 8.54. The maximum atomic E-state index is 11.6. The van der Waals surface area contributed by atoms with Gasteiger partial charge in [-0.2, -0.15) is 0 Å². The third-order valence-corrected chi connectivity index (χ3v) is 2.40. The van der Waals surface area contributed by atoms with Gasteiger partial charge in [0.05, 0.1) is 18.8 Å². The lowest BCUT2D eigenvalue weighted by molar-refractivity contribution is -0.119. The van der Waals surface area contributed by atoms with Gasteiger partial charge < -0.3 is 20.7 Å². The Morgan fingerprint density at radius 1 is 1.61 bits per heavy atom. The van der Waals surface area contributed by atoms with Crippen molar-refractivity contribution in [2.75, 3.05) is 44.5 Å². The number of nitrogens with one attached hydrogen (secondary N) is 1. The lowest BCUT2D eigenvalue weighted by atomic mass is 10.3. The maximum absolute atomic E-state index is 11.6. The van der Waals surface area contributed by atoms with E-state index in [0.717, 1.165) is 5.56 Å². The molecule has 0 unspecified atom stereocenters. The monoisotopic (exact) mass is 252 g/mol. The largest absolute Gasteiger partial charge is 0.396 e. The predicted octanol–water partition coefficient (Wildman–Crippen LogP) is 0.171. The van der Waals surface area contributed by atoms with Crippen LogP contribution in [0.1, 0.15) is 5.56 Å². The Bertz CT molecular complexity index is 409. The highest BCUT2D eigenvalue weighted by Gasteiger charge is 2.10. The summed E-state index contributed by atoms with van der Waals surface area (Å²) >= 11 is 0. The summed E-state index contributed by atoms with van der Waals surface area (Å²) in [6.07, 6.45) is 1.73. The first-order valence-corrected chi connectivity index (χ1v) is 5.73. The zero-order valence-electron chi connectivity index (χ0n) is 11.1. The average Bonchev–Trinajstić information content (AvgIpc) is 2.28. The summed E-state index contributed by atoms with van der Waals surface area (Å²) in [6, 6.07) is 1.83. The highest BCUT2D eigenvalue weighted by molar-refractivity contribution is 5.82. The van der Waals surface area contributed by atoms with Crippen LogP contribution < -0.4 is 16.0 Å². The number of hydrogen-bond acceptors (Lipinski definition) is 5. The number of hydrogen-bond donors (Lipinski definition) is 2. The minimum Gasteiger partial charge on any atom is -0.396 e. The van der Waals surface area contributed by atoms with Gasteiger partial charge in [0.25, 0.3) is 0 Å². The van der Waals surface area contributed by atoms with Crippen molar-refractivity contribution >= 4 is 17.4 Å². The van der Waals surface area contributed by atoms with E-state index in [2.05, 4.69) is 10.3 Å². The lowest BCUT2D eigenvalue weighted by Gasteiger charge is -2.19. The number of carbonyl (C=O) groups is 1. The molecule has 0 aliphatic rings. The number of aromatic nitrogens is 1. The fourth-order valence-corrected chi connectivity index (χ4v) is 1.54. The summed E-state index contributed by atoms with van der Waals surface area (Å²) < 4.78 is 4.85. The third-order valence-electron chi connectivity index (χ3n) is 2.40. The SMILES string of the molecule is COCCNC(=O)CN(C)c1ncc(C)cc1N. The molecule has 0 aromatic carbocycles. The highest BCUT2D eigenvalue weighted by Crippen LogP contribution is 2.19. The van der Waals surface area contributed by atoms with E-state index in [9.17, 15) is 4.79 Å². The highest BCUT2D eigenvalue weighted by atomic mass is 16.5. The van der Waals surface area contributed by atoms with Crippen molar-refractivity contribution in [3.05, 3.63) is 17.8 Å². The van der Waals surface area contributed by atoms with E-state index in [0.29, 0.717) is 24.7 Å². The van der Waals surface area contributed by atoms with E-state index in [1.165, 1.54) is 0 Å². The number of likely N-dealkylation sites (N-methyl/N-ethyl adjacent to an activating group) is 1. The van der Waals surface area contributed by atoms with Gasteiger partial charge in [-0.3, -0.25) is 4.79 Å². The van der Waals surface area contributed by atoms with Crippen LogP contribution in [0.15, 0.2) is 12.3 Å². The van der Waals surface area contributed by atoms with E-state index >= 15 is 0 Å². The van der Waals surface area contributed by atoms with E-state index in [1.807, 2.05) is 13.0 Å². The number of anilines is 2. The second-order valence-electron chi connectivity index (χ2n) is 4.12. The van der Waals surface area contributed by atoms with E-state index in [4.69, 9.17) is 10.5 Å². The Balaban J connectivity index is 2.54. The second-order valence-corrected chi connectivity index (χ2v) is 4.12. The fourth-order valence-electron chi connectivity index (χ4n) is 1.54. The molecule has 0 spiro atoms. The molecule has 0 saturated heterocycles. The van der Waals surface area contributed by atoms with Crippen LogP contribution in [-0.4, -0.2) is 44.7 Å². The molecule has 1 aromatic rings. The molecule has 100 valence electrons. The zero-order valence-corrected chi connectivity index (χ0v) is 11.1. The normalized spacial score (nSPS) is 10.2. The summed E-state index contributed by atoms with van der Waals surface area (Å²) in [5, 5.41) is 2.74. The Labute approximate surface area is 107 Å². The van der Waals surface area contributed by atoms with Gasteiger partial charge in [0.1, 0.15) is 0 Å². The fraction of sp³-hybridized carbons (Fsp3) is 0.500. The molecule has 1 heterocycles. The second kappa shape index (κ2) is 6.80. The first-order valence-electron chi connectivity index (χ1n) is 5.73. The van der Waals surface area contributed by atoms with Gasteiger partial charge in [0.2, 0.25) is 5.91 Å². The molecule has 0 aliphatic heterocycles. The number of pyridine rings is 1. The van der Waals surface area contributed by atoms with Crippen LogP contribution in [0.25, 0.3) is 0 Å². The van der Waals surface area contributed by atoms with Crippen molar-refractivity contribution in [3.63, 3.8) is 0 Å². The molecule has 0 radical (unpaired) electrons. The molecular formula is C12H20N4O2. The molecule has 6 nitrogen and oxygen atoms in total. The standard InChI is InChI=1S/C12H20N4O2/c1-9-6-10(13)12(15-7-9)16(2)8-11(17)14-4-5-18-3/h6-7H,4-5,8,13H2,1-3H3,(H,14,17). The molecule has 1 rings (SSSR count). The van der Waals surface area contributed by atoms with Crippen molar-refractivity contribution in [2.45, 2.75) is 6.92 Å². The lowest BCUT2D eigenvalue weighted by Crippen LogP contribution is -2.37. The van der Waals surface area contributed by atoms with Crippen LogP contribution in [0.3, 0.4) is 0 Å². The van der Waals surface area contributed by atoms with Gasteiger partial charge in [-0.1, -0.05) is 0 Å². The maximum Gasteiger partial charge on any atom is 0.239 e. The molecule has 0 bridgehead atoms. The summed E-state index contributed by atoms with van der Waals surface area (Å²) in [5.74, 6) is 0.527.